The molecule has 0 aromatic carbocycles. The third-order valence-corrected chi connectivity index (χ3v) is 2.81. The molecule has 0 rings (SSSR count). The van der Waals surface area contributed by atoms with Crippen LogP contribution < -0.4 is 0 Å². The first-order valence-corrected chi connectivity index (χ1v) is 6.61. The van der Waals surface area contributed by atoms with Crippen molar-refractivity contribution >= 4 is 11.6 Å². The molecule has 0 amide bonds. The molecule has 0 aliphatic carbocycles. The van der Waals surface area contributed by atoms with Crippen molar-refractivity contribution in [3.8, 4) is 0 Å². The Morgan fingerprint density at radius 3 is 1.50 bits per heavy atom. The number of aliphatic hydroxyl groups is 1. The number of aliphatic hydroxyl groups excluding tert-OH is 1. The summed E-state index contributed by atoms with van der Waals surface area (Å²) in [5.74, 6) is 0. The van der Waals surface area contributed by atoms with Crippen LogP contribution in [-0.2, 0) is 0 Å². The number of hydrogen-bond donors (Lipinski definition) is 1. The van der Waals surface area contributed by atoms with Crippen LogP contribution in [-0.4, -0.2) is 17.1 Å². The summed E-state index contributed by atoms with van der Waals surface area (Å²) in [6.45, 7) is 0.284. The van der Waals surface area contributed by atoms with Gasteiger partial charge in [-0.15, -0.1) is 0 Å². The van der Waals surface area contributed by atoms with Gasteiger partial charge >= 0.3 is 5.38 Å². The summed E-state index contributed by atoms with van der Waals surface area (Å²) in [7, 11) is 0. The number of rotatable bonds is 11. The van der Waals surface area contributed by atoms with Crippen LogP contribution in [0.4, 0.5) is 8.78 Å². The van der Waals surface area contributed by atoms with Crippen LogP contribution in [0.25, 0.3) is 0 Å². The molecule has 0 unspecified atom stereocenters. The number of alkyl halides is 3. The molecule has 0 spiro atoms. The minimum atomic E-state index is -3.01. The van der Waals surface area contributed by atoms with Crippen molar-refractivity contribution in [3.63, 3.8) is 0 Å². The predicted octanol–water partition coefficient (Wildman–Crippen LogP) is 4.71. The summed E-state index contributed by atoms with van der Waals surface area (Å²) in [6, 6.07) is 0. The zero-order chi connectivity index (χ0) is 12.3. The van der Waals surface area contributed by atoms with Gasteiger partial charge < -0.3 is 5.11 Å². The van der Waals surface area contributed by atoms with Crippen LogP contribution in [0.15, 0.2) is 0 Å². The zero-order valence-corrected chi connectivity index (χ0v) is 10.6. The molecule has 0 heterocycles. The van der Waals surface area contributed by atoms with Crippen molar-refractivity contribution in [2.24, 2.45) is 0 Å². The highest BCUT2D eigenvalue weighted by atomic mass is 35.5. The molecule has 0 saturated carbocycles. The third-order valence-electron chi connectivity index (χ3n) is 2.62. The van der Waals surface area contributed by atoms with Crippen molar-refractivity contribution in [2.75, 3.05) is 6.61 Å². The van der Waals surface area contributed by atoms with E-state index in [0.29, 0.717) is 6.42 Å². The summed E-state index contributed by atoms with van der Waals surface area (Å²) in [5.41, 5.74) is 0. The predicted molar refractivity (Wildman–Crippen MR) is 64.1 cm³/mol. The van der Waals surface area contributed by atoms with Crippen LogP contribution in [0.1, 0.15) is 64.2 Å². The SMILES string of the molecule is OCCCCCCCCCCCC(F)(F)Cl. The number of hydrogen-bond acceptors (Lipinski definition) is 1. The summed E-state index contributed by atoms with van der Waals surface area (Å²) >= 11 is 4.79. The van der Waals surface area contributed by atoms with Gasteiger partial charge in [-0.25, -0.2) is 0 Å². The summed E-state index contributed by atoms with van der Waals surface area (Å²) in [5, 5.41) is 5.55. The van der Waals surface area contributed by atoms with Crippen molar-refractivity contribution in [3.05, 3.63) is 0 Å². The van der Waals surface area contributed by atoms with Gasteiger partial charge in [0, 0.05) is 13.0 Å². The molecule has 0 aliphatic rings. The first-order valence-electron chi connectivity index (χ1n) is 6.24. The van der Waals surface area contributed by atoms with Crippen LogP contribution in [0, 0.1) is 0 Å². The quantitative estimate of drug-likeness (QED) is 0.419. The van der Waals surface area contributed by atoms with E-state index in [1.54, 1.807) is 0 Å². The first kappa shape index (κ1) is 16.1. The average Bonchev–Trinajstić information content (AvgIpc) is 2.19. The van der Waals surface area contributed by atoms with Crippen molar-refractivity contribution in [2.45, 2.75) is 69.6 Å². The molecular formula is C12H23ClF2O. The van der Waals surface area contributed by atoms with Gasteiger partial charge in [0.1, 0.15) is 0 Å². The molecule has 98 valence electrons. The Balaban J connectivity index is 2.99. The van der Waals surface area contributed by atoms with Crippen LogP contribution >= 0.6 is 11.6 Å². The maximum absolute atomic E-state index is 12.2. The Morgan fingerprint density at radius 1 is 0.750 bits per heavy atom. The highest BCUT2D eigenvalue weighted by Crippen LogP contribution is 2.26. The van der Waals surface area contributed by atoms with Crippen molar-refractivity contribution in [1.82, 2.24) is 0 Å². The average molecular weight is 257 g/mol. The van der Waals surface area contributed by atoms with E-state index < -0.39 is 5.38 Å². The monoisotopic (exact) mass is 256 g/mol. The van der Waals surface area contributed by atoms with Gasteiger partial charge in [0.2, 0.25) is 0 Å². The Kier molecular flexibility index (Phi) is 10.3. The third kappa shape index (κ3) is 14.1. The standard InChI is InChI=1S/C12H23ClF2O/c13-12(14,15)10-8-6-4-2-1-3-5-7-9-11-16/h16H,1-11H2. The molecule has 0 aromatic heterocycles. The molecule has 0 atom stereocenters. The van der Waals surface area contributed by atoms with E-state index in [9.17, 15) is 8.78 Å². The molecule has 0 fully saturated rings. The lowest BCUT2D eigenvalue weighted by Crippen LogP contribution is -2.04. The second kappa shape index (κ2) is 10.3. The molecule has 0 saturated heterocycles. The summed E-state index contributed by atoms with van der Waals surface area (Å²) in [6.07, 6.45) is 8.80. The van der Waals surface area contributed by atoms with Crippen LogP contribution in [0.2, 0.25) is 0 Å². The van der Waals surface area contributed by atoms with E-state index in [1.165, 1.54) is 19.3 Å². The van der Waals surface area contributed by atoms with Gasteiger partial charge in [-0.1, -0.05) is 44.9 Å². The van der Waals surface area contributed by atoms with Crippen LogP contribution in [0.3, 0.4) is 0 Å². The topological polar surface area (TPSA) is 20.2 Å². The van der Waals surface area contributed by atoms with Crippen molar-refractivity contribution < 1.29 is 13.9 Å². The number of unbranched alkanes of at least 4 members (excludes halogenated alkanes) is 8. The maximum atomic E-state index is 12.2. The van der Waals surface area contributed by atoms with E-state index in [1.807, 2.05) is 0 Å². The van der Waals surface area contributed by atoms with Crippen LogP contribution in [0.5, 0.6) is 0 Å². The van der Waals surface area contributed by atoms with Crippen molar-refractivity contribution in [1.29, 1.82) is 0 Å². The molecular weight excluding hydrogens is 234 g/mol. The van der Waals surface area contributed by atoms with E-state index in [2.05, 4.69) is 0 Å². The highest BCUT2D eigenvalue weighted by molar-refractivity contribution is 6.21. The normalized spacial score (nSPS) is 12.0. The maximum Gasteiger partial charge on any atom is 0.321 e. The molecule has 0 radical (unpaired) electrons. The Hall–Kier alpha value is 0.110. The van der Waals surface area contributed by atoms with E-state index in [0.717, 1.165) is 32.1 Å². The molecule has 0 aromatic rings. The minimum absolute atomic E-state index is 0.203. The van der Waals surface area contributed by atoms with Gasteiger partial charge in [0.25, 0.3) is 0 Å². The molecule has 0 bridgehead atoms. The Labute approximate surface area is 102 Å². The van der Waals surface area contributed by atoms with Gasteiger partial charge in [-0.3, -0.25) is 0 Å². The molecule has 4 heteroatoms. The van der Waals surface area contributed by atoms with Gasteiger partial charge in [0.05, 0.1) is 0 Å². The van der Waals surface area contributed by atoms with Gasteiger partial charge in [-0.2, -0.15) is 8.78 Å². The Bertz CT molecular complexity index is 148. The lowest BCUT2D eigenvalue weighted by molar-refractivity contribution is 0.0828. The summed E-state index contributed by atoms with van der Waals surface area (Å²) in [4.78, 5) is 0. The van der Waals surface area contributed by atoms with E-state index >= 15 is 0 Å². The fraction of sp³-hybridized carbons (Fsp3) is 1.00. The minimum Gasteiger partial charge on any atom is -0.396 e. The lowest BCUT2D eigenvalue weighted by Gasteiger charge is -2.06. The van der Waals surface area contributed by atoms with E-state index in [4.69, 9.17) is 16.7 Å². The molecule has 1 N–H and O–H groups in total. The largest absolute Gasteiger partial charge is 0.396 e. The Morgan fingerprint density at radius 2 is 1.12 bits per heavy atom. The molecule has 0 aliphatic heterocycles. The van der Waals surface area contributed by atoms with E-state index in [-0.39, 0.29) is 13.0 Å². The molecule has 1 nitrogen and oxygen atoms in total. The second-order valence-electron chi connectivity index (χ2n) is 4.27. The highest BCUT2D eigenvalue weighted by Gasteiger charge is 2.22. The first-order chi connectivity index (χ1) is 7.56. The summed E-state index contributed by atoms with van der Waals surface area (Å²) < 4.78 is 24.4. The fourth-order valence-corrected chi connectivity index (χ4v) is 1.81. The molecule has 16 heavy (non-hydrogen) atoms. The number of halogens is 3. The van der Waals surface area contributed by atoms with Gasteiger partial charge in [-0.05, 0) is 24.4 Å². The second-order valence-corrected chi connectivity index (χ2v) is 4.82. The fourth-order valence-electron chi connectivity index (χ4n) is 1.67. The van der Waals surface area contributed by atoms with Gasteiger partial charge in [0.15, 0.2) is 0 Å². The lowest BCUT2D eigenvalue weighted by atomic mass is 10.1. The zero-order valence-electron chi connectivity index (χ0n) is 9.86. The smallest absolute Gasteiger partial charge is 0.321 e.